The molecule has 110 valence electrons. The fourth-order valence-corrected chi connectivity index (χ4v) is 2.22. The van der Waals surface area contributed by atoms with E-state index in [1.165, 1.54) is 0 Å². The van der Waals surface area contributed by atoms with Crippen molar-refractivity contribution in [1.82, 2.24) is 19.7 Å². The van der Waals surface area contributed by atoms with Gasteiger partial charge >= 0.3 is 0 Å². The molecule has 0 aliphatic carbocycles. The van der Waals surface area contributed by atoms with Gasteiger partial charge in [0.15, 0.2) is 0 Å². The summed E-state index contributed by atoms with van der Waals surface area (Å²) in [7, 11) is 0. The van der Waals surface area contributed by atoms with Crippen LogP contribution in [0, 0.1) is 18.7 Å². The molecule has 0 saturated carbocycles. The van der Waals surface area contributed by atoms with Crippen molar-refractivity contribution in [2.45, 2.75) is 13.8 Å². The maximum absolute atomic E-state index is 12.4. The lowest BCUT2D eigenvalue weighted by atomic mass is 10.2. The molecule has 0 bridgehead atoms. The number of aryl methyl sites for hydroxylation is 2. The van der Waals surface area contributed by atoms with Crippen molar-refractivity contribution in [1.29, 1.82) is 0 Å². The molecule has 0 amide bonds. The third-order valence-corrected chi connectivity index (χ3v) is 3.19. The SMILES string of the molecule is Cc1cc(C)nc(-c2nn(C(=O)c3ccccc3)c(=S)o2)n1. The Labute approximate surface area is 131 Å². The standard InChI is InChI=1S/C15H12N4O2S/c1-9-8-10(2)17-12(16-9)13-18-19(15(22)21-13)14(20)11-6-4-3-5-7-11/h3-8H,1-2H3. The quantitative estimate of drug-likeness (QED) is 0.677. The van der Waals surface area contributed by atoms with E-state index in [0.29, 0.717) is 11.4 Å². The number of carbonyl (C=O) groups is 1. The molecule has 0 unspecified atom stereocenters. The van der Waals surface area contributed by atoms with E-state index in [1.807, 2.05) is 26.0 Å². The molecule has 0 aliphatic heterocycles. The number of nitrogens with zero attached hydrogens (tertiary/aromatic N) is 4. The molecular weight excluding hydrogens is 300 g/mol. The minimum absolute atomic E-state index is 0.0355. The van der Waals surface area contributed by atoms with Gasteiger partial charge in [0.25, 0.3) is 16.6 Å². The molecule has 3 aromatic rings. The van der Waals surface area contributed by atoms with Crippen LogP contribution in [0.1, 0.15) is 21.7 Å². The van der Waals surface area contributed by atoms with Crippen LogP contribution in [0.3, 0.4) is 0 Å². The van der Waals surface area contributed by atoms with Crippen LogP contribution in [0.25, 0.3) is 11.7 Å². The predicted molar refractivity (Wildman–Crippen MR) is 82.0 cm³/mol. The van der Waals surface area contributed by atoms with Crippen LogP contribution in [-0.4, -0.2) is 25.7 Å². The van der Waals surface area contributed by atoms with Gasteiger partial charge in [-0.1, -0.05) is 18.2 Å². The normalized spacial score (nSPS) is 10.6. The predicted octanol–water partition coefficient (Wildman–Crippen LogP) is 2.97. The number of hydrogen-bond donors (Lipinski definition) is 0. The summed E-state index contributed by atoms with van der Waals surface area (Å²) in [6.07, 6.45) is 0. The third-order valence-electron chi connectivity index (χ3n) is 2.93. The molecule has 0 fully saturated rings. The van der Waals surface area contributed by atoms with Gasteiger partial charge in [-0.25, -0.2) is 9.97 Å². The van der Waals surface area contributed by atoms with Crippen molar-refractivity contribution in [3.8, 4) is 11.7 Å². The molecule has 0 spiro atoms. The van der Waals surface area contributed by atoms with Gasteiger partial charge in [-0.15, -0.1) is 9.78 Å². The van der Waals surface area contributed by atoms with E-state index in [0.717, 1.165) is 16.1 Å². The zero-order valence-corrected chi connectivity index (χ0v) is 12.8. The Balaban J connectivity index is 2.05. The first-order chi connectivity index (χ1) is 10.5. The summed E-state index contributed by atoms with van der Waals surface area (Å²) in [5.74, 6) is 0.0780. The van der Waals surface area contributed by atoms with Gasteiger partial charge in [0, 0.05) is 17.0 Å². The summed E-state index contributed by atoms with van der Waals surface area (Å²) in [5.41, 5.74) is 2.04. The summed E-state index contributed by atoms with van der Waals surface area (Å²) < 4.78 is 6.42. The van der Waals surface area contributed by atoms with Crippen LogP contribution in [0.2, 0.25) is 0 Å². The van der Waals surface area contributed by atoms with Gasteiger partial charge in [0.2, 0.25) is 5.82 Å². The molecule has 0 atom stereocenters. The first-order valence-corrected chi connectivity index (χ1v) is 6.98. The van der Waals surface area contributed by atoms with E-state index in [2.05, 4.69) is 15.1 Å². The van der Waals surface area contributed by atoms with Gasteiger partial charge in [0.05, 0.1) is 0 Å². The van der Waals surface area contributed by atoms with Crippen LogP contribution in [0.4, 0.5) is 0 Å². The highest BCUT2D eigenvalue weighted by Crippen LogP contribution is 2.15. The topological polar surface area (TPSA) is 73.8 Å². The van der Waals surface area contributed by atoms with Crippen molar-refractivity contribution in [2.24, 2.45) is 0 Å². The van der Waals surface area contributed by atoms with E-state index < -0.39 is 0 Å². The summed E-state index contributed by atoms with van der Waals surface area (Å²) in [4.78, 5) is 20.8. The zero-order valence-electron chi connectivity index (χ0n) is 12.0. The van der Waals surface area contributed by atoms with Crippen molar-refractivity contribution in [3.05, 3.63) is 58.2 Å². The summed E-state index contributed by atoms with van der Waals surface area (Å²) in [5, 5.41) is 4.11. The van der Waals surface area contributed by atoms with Crippen LogP contribution in [-0.2, 0) is 0 Å². The number of hydrogen-bond acceptors (Lipinski definition) is 6. The minimum atomic E-state index is -0.357. The summed E-state index contributed by atoms with van der Waals surface area (Å²) in [6.45, 7) is 3.69. The van der Waals surface area contributed by atoms with Gasteiger partial charge in [-0.2, -0.15) is 0 Å². The van der Waals surface area contributed by atoms with E-state index >= 15 is 0 Å². The number of benzene rings is 1. The van der Waals surface area contributed by atoms with Gasteiger partial charge < -0.3 is 4.42 Å². The highest BCUT2D eigenvalue weighted by Gasteiger charge is 2.17. The zero-order chi connectivity index (χ0) is 15.7. The Bertz CT molecular complexity index is 879. The molecular formula is C15H12N4O2S. The van der Waals surface area contributed by atoms with Crippen molar-refractivity contribution in [2.75, 3.05) is 0 Å². The molecule has 1 aromatic carbocycles. The summed E-state index contributed by atoms with van der Waals surface area (Å²) >= 11 is 5.07. The van der Waals surface area contributed by atoms with Crippen molar-refractivity contribution >= 4 is 18.1 Å². The highest BCUT2D eigenvalue weighted by molar-refractivity contribution is 7.71. The van der Waals surface area contributed by atoms with Crippen molar-refractivity contribution < 1.29 is 9.21 Å². The first kappa shape index (κ1) is 14.3. The molecule has 3 rings (SSSR count). The lowest BCUT2D eigenvalue weighted by Gasteiger charge is -1.99. The van der Waals surface area contributed by atoms with Crippen molar-refractivity contribution in [3.63, 3.8) is 0 Å². The van der Waals surface area contributed by atoms with E-state index in [9.17, 15) is 4.79 Å². The van der Waals surface area contributed by atoms with E-state index in [1.54, 1.807) is 24.3 Å². The lowest BCUT2D eigenvalue weighted by molar-refractivity contribution is 0.0940. The summed E-state index contributed by atoms with van der Waals surface area (Å²) in [6, 6.07) is 10.6. The number of rotatable bonds is 2. The van der Waals surface area contributed by atoms with Crippen LogP contribution in [0.5, 0.6) is 0 Å². The first-order valence-electron chi connectivity index (χ1n) is 6.57. The molecule has 7 heteroatoms. The average Bonchev–Trinajstić information content (AvgIpc) is 2.88. The smallest absolute Gasteiger partial charge is 0.295 e. The second-order valence-corrected chi connectivity index (χ2v) is 5.08. The fraction of sp³-hybridized carbons (Fsp3) is 0.133. The average molecular weight is 312 g/mol. The number of carbonyl (C=O) groups excluding carboxylic acids is 1. The molecule has 2 aromatic heterocycles. The van der Waals surface area contributed by atoms with E-state index in [4.69, 9.17) is 16.6 Å². The van der Waals surface area contributed by atoms with Crippen LogP contribution in [0.15, 0.2) is 40.8 Å². The molecule has 6 nitrogen and oxygen atoms in total. The number of aromatic nitrogens is 4. The van der Waals surface area contributed by atoms with Crippen LogP contribution >= 0.6 is 12.2 Å². The second-order valence-electron chi connectivity index (χ2n) is 4.73. The maximum Gasteiger partial charge on any atom is 0.295 e. The Hall–Kier alpha value is -2.67. The Morgan fingerprint density at radius 2 is 1.77 bits per heavy atom. The molecule has 0 aliphatic rings. The lowest BCUT2D eigenvalue weighted by Crippen LogP contribution is -2.13. The fourth-order valence-electron chi connectivity index (χ4n) is 2.02. The Morgan fingerprint density at radius 3 is 2.41 bits per heavy atom. The third kappa shape index (κ3) is 2.71. The van der Waals surface area contributed by atoms with Crippen LogP contribution < -0.4 is 0 Å². The minimum Gasteiger partial charge on any atom is -0.406 e. The molecule has 0 radical (unpaired) electrons. The van der Waals surface area contributed by atoms with E-state index in [-0.39, 0.29) is 16.6 Å². The second kappa shape index (κ2) is 5.61. The molecule has 0 N–H and O–H groups in total. The van der Waals surface area contributed by atoms with Gasteiger partial charge in [-0.3, -0.25) is 4.79 Å². The maximum atomic E-state index is 12.4. The Morgan fingerprint density at radius 1 is 1.14 bits per heavy atom. The van der Waals surface area contributed by atoms with Gasteiger partial charge in [0.1, 0.15) is 0 Å². The highest BCUT2D eigenvalue weighted by atomic mass is 32.1. The molecule has 22 heavy (non-hydrogen) atoms. The largest absolute Gasteiger partial charge is 0.406 e. The van der Waals surface area contributed by atoms with Gasteiger partial charge in [-0.05, 0) is 44.3 Å². The molecule has 0 saturated heterocycles. The monoisotopic (exact) mass is 312 g/mol. The Kier molecular flexibility index (Phi) is 3.64. The molecule has 2 heterocycles.